The van der Waals surface area contributed by atoms with Crippen LogP contribution < -0.4 is 5.32 Å². The van der Waals surface area contributed by atoms with Crippen LogP contribution in [-0.2, 0) is 0 Å². The average Bonchev–Trinajstić information content (AvgIpc) is 2.42. The van der Waals surface area contributed by atoms with Crippen molar-refractivity contribution >= 4 is 0 Å². The van der Waals surface area contributed by atoms with Crippen molar-refractivity contribution in [3.8, 4) is 0 Å². The first kappa shape index (κ1) is 14.4. The number of hydrogen-bond acceptors (Lipinski definition) is 2. The summed E-state index contributed by atoms with van der Waals surface area (Å²) in [6.45, 7) is 5.85. The number of rotatable bonds is 5. The molecule has 106 valence electrons. The van der Waals surface area contributed by atoms with E-state index in [-0.39, 0.29) is 6.04 Å². The lowest BCUT2D eigenvalue weighted by Gasteiger charge is -2.35. The average molecular weight is 268 g/mol. The first-order valence-corrected chi connectivity index (χ1v) is 7.12. The molecule has 0 amide bonds. The predicted molar refractivity (Wildman–Crippen MR) is 73.1 cm³/mol. The summed E-state index contributed by atoms with van der Waals surface area (Å²) in [6.07, 6.45) is 3.08. The second-order valence-corrected chi connectivity index (χ2v) is 5.11. The summed E-state index contributed by atoms with van der Waals surface area (Å²) in [7, 11) is 0. The van der Waals surface area contributed by atoms with Crippen LogP contribution in [0.4, 0.5) is 8.78 Å². The van der Waals surface area contributed by atoms with Crippen LogP contribution in [0.2, 0.25) is 0 Å². The summed E-state index contributed by atoms with van der Waals surface area (Å²) in [4.78, 5) is 2.31. The van der Waals surface area contributed by atoms with Gasteiger partial charge in [-0.1, -0.05) is 25.8 Å². The zero-order valence-electron chi connectivity index (χ0n) is 11.5. The third-order valence-corrected chi connectivity index (χ3v) is 3.74. The molecule has 2 nitrogen and oxygen atoms in total. The maximum atomic E-state index is 14.0. The lowest BCUT2D eigenvalue weighted by molar-refractivity contribution is 0.160. The van der Waals surface area contributed by atoms with Gasteiger partial charge in [0.25, 0.3) is 0 Å². The molecule has 2 rings (SSSR count). The molecule has 0 radical (unpaired) electrons. The van der Waals surface area contributed by atoms with Crippen molar-refractivity contribution in [2.75, 3.05) is 26.2 Å². The number of benzene rings is 1. The number of halogens is 2. The predicted octanol–water partition coefficient (Wildman–Crippen LogP) is 3.10. The lowest BCUT2D eigenvalue weighted by atomic mass is 9.98. The van der Waals surface area contributed by atoms with Gasteiger partial charge in [-0.25, -0.2) is 8.78 Å². The molecular formula is C15H22F2N2. The van der Waals surface area contributed by atoms with Crippen molar-refractivity contribution in [2.24, 2.45) is 0 Å². The molecule has 1 N–H and O–H groups in total. The van der Waals surface area contributed by atoms with Gasteiger partial charge in [-0.15, -0.1) is 0 Å². The number of hydrogen-bond donors (Lipinski definition) is 1. The van der Waals surface area contributed by atoms with E-state index in [1.807, 2.05) is 0 Å². The Balaban J connectivity index is 2.19. The zero-order chi connectivity index (χ0) is 13.7. The Kier molecular flexibility index (Phi) is 5.28. The topological polar surface area (TPSA) is 15.3 Å². The van der Waals surface area contributed by atoms with Crippen molar-refractivity contribution in [1.29, 1.82) is 0 Å². The fourth-order valence-electron chi connectivity index (χ4n) is 2.70. The number of nitrogens with zero attached hydrogens (tertiary/aromatic N) is 1. The second-order valence-electron chi connectivity index (χ2n) is 5.11. The Bertz CT molecular complexity index is 403. The van der Waals surface area contributed by atoms with Gasteiger partial charge in [0.15, 0.2) is 0 Å². The van der Waals surface area contributed by atoms with E-state index in [4.69, 9.17) is 0 Å². The van der Waals surface area contributed by atoms with Gasteiger partial charge in [0.1, 0.15) is 11.6 Å². The van der Waals surface area contributed by atoms with Crippen LogP contribution in [0.15, 0.2) is 18.2 Å². The summed E-state index contributed by atoms with van der Waals surface area (Å²) in [5, 5.41) is 3.31. The van der Waals surface area contributed by atoms with E-state index in [1.165, 1.54) is 6.07 Å². The van der Waals surface area contributed by atoms with Crippen LogP contribution in [-0.4, -0.2) is 31.1 Å². The quantitative estimate of drug-likeness (QED) is 0.882. The highest BCUT2D eigenvalue weighted by Crippen LogP contribution is 2.29. The van der Waals surface area contributed by atoms with Crippen molar-refractivity contribution in [3.05, 3.63) is 35.4 Å². The largest absolute Gasteiger partial charge is 0.314 e. The van der Waals surface area contributed by atoms with E-state index in [0.29, 0.717) is 5.56 Å². The molecule has 1 unspecified atom stereocenters. The molecule has 1 aromatic carbocycles. The molecule has 1 fully saturated rings. The van der Waals surface area contributed by atoms with E-state index in [1.54, 1.807) is 6.07 Å². The molecule has 0 spiro atoms. The first-order chi connectivity index (χ1) is 9.22. The molecule has 1 aliphatic heterocycles. The summed E-state index contributed by atoms with van der Waals surface area (Å²) < 4.78 is 27.0. The number of piperazine rings is 1. The molecule has 0 aliphatic carbocycles. The summed E-state index contributed by atoms with van der Waals surface area (Å²) in [5.41, 5.74) is 0.636. The third-order valence-electron chi connectivity index (χ3n) is 3.74. The van der Waals surface area contributed by atoms with Gasteiger partial charge < -0.3 is 5.32 Å². The molecule has 1 saturated heterocycles. The van der Waals surface area contributed by atoms with Crippen molar-refractivity contribution in [3.63, 3.8) is 0 Å². The molecule has 0 bridgehead atoms. The number of unbranched alkanes of at least 4 members (excludes halogenated alkanes) is 1. The normalized spacial score (nSPS) is 18.5. The Morgan fingerprint density at radius 1 is 1.26 bits per heavy atom. The molecule has 1 aromatic rings. The molecule has 0 saturated carbocycles. The van der Waals surface area contributed by atoms with Gasteiger partial charge in [-0.2, -0.15) is 0 Å². The molecule has 1 atom stereocenters. The minimum Gasteiger partial charge on any atom is -0.314 e. The Morgan fingerprint density at radius 3 is 2.63 bits per heavy atom. The van der Waals surface area contributed by atoms with Gasteiger partial charge in [-0.05, 0) is 12.5 Å². The Labute approximate surface area is 113 Å². The maximum absolute atomic E-state index is 14.0. The van der Waals surface area contributed by atoms with Crippen molar-refractivity contribution < 1.29 is 8.78 Å². The van der Waals surface area contributed by atoms with Crippen LogP contribution in [0.3, 0.4) is 0 Å². The highest BCUT2D eigenvalue weighted by molar-refractivity contribution is 5.22. The lowest BCUT2D eigenvalue weighted by Crippen LogP contribution is -2.45. The maximum Gasteiger partial charge on any atom is 0.130 e. The van der Waals surface area contributed by atoms with Gasteiger partial charge in [0.2, 0.25) is 0 Å². The number of nitrogens with one attached hydrogen (secondary N) is 1. The van der Waals surface area contributed by atoms with Gasteiger partial charge >= 0.3 is 0 Å². The minimum atomic E-state index is -0.504. The van der Waals surface area contributed by atoms with Crippen LogP contribution in [0.1, 0.15) is 37.8 Å². The van der Waals surface area contributed by atoms with E-state index < -0.39 is 11.6 Å². The summed E-state index contributed by atoms with van der Waals surface area (Å²) in [5.74, 6) is -0.921. The highest BCUT2D eigenvalue weighted by Gasteiger charge is 2.24. The minimum absolute atomic E-state index is 0.0719. The van der Waals surface area contributed by atoms with Crippen molar-refractivity contribution in [2.45, 2.75) is 32.2 Å². The Hall–Kier alpha value is -1.00. The first-order valence-electron chi connectivity index (χ1n) is 7.12. The van der Waals surface area contributed by atoms with E-state index in [0.717, 1.165) is 51.5 Å². The van der Waals surface area contributed by atoms with Gasteiger partial charge in [-0.3, -0.25) is 4.90 Å². The third kappa shape index (κ3) is 3.74. The van der Waals surface area contributed by atoms with E-state index >= 15 is 0 Å². The van der Waals surface area contributed by atoms with Crippen LogP contribution in [0.5, 0.6) is 0 Å². The molecule has 4 heteroatoms. The van der Waals surface area contributed by atoms with Crippen LogP contribution >= 0.6 is 0 Å². The van der Waals surface area contributed by atoms with E-state index in [9.17, 15) is 8.78 Å². The SMILES string of the molecule is CCCCC(c1ccc(F)cc1F)N1CCNCC1. The smallest absolute Gasteiger partial charge is 0.130 e. The molecule has 1 heterocycles. The fraction of sp³-hybridized carbons (Fsp3) is 0.600. The van der Waals surface area contributed by atoms with Crippen LogP contribution in [0.25, 0.3) is 0 Å². The Morgan fingerprint density at radius 2 is 2.00 bits per heavy atom. The fourth-order valence-corrected chi connectivity index (χ4v) is 2.70. The molecule has 1 aliphatic rings. The van der Waals surface area contributed by atoms with Crippen molar-refractivity contribution in [1.82, 2.24) is 10.2 Å². The standard InChI is InChI=1S/C15H22F2N2/c1-2-3-4-15(19-9-7-18-8-10-19)13-6-5-12(16)11-14(13)17/h5-6,11,15,18H,2-4,7-10H2,1H3. The second kappa shape index (κ2) is 6.96. The highest BCUT2D eigenvalue weighted by atomic mass is 19.1. The molecular weight excluding hydrogens is 246 g/mol. The molecule has 19 heavy (non-hydrogen) atoms. The van der Waals surface area contributed by atoms with Gasteiger partial charge in [0.05, 0.1) is 0 Å². The van der Waals surface area contributed by atoms with Crippen LogP contribution in [0, 0.1) is 11.6 Å². The summed E-state index contributed by atoms with van der Waals surface area (Å²) >= 11 is 0. The van der Waals surface area contributed by atoms with Gasteiger partial charge in [0, 0.05) is 43.9 Å². The molecule has 0 aromatic heterocycles. The zero-order valence-corrected chi connectivity index (χ0v) is 11.5. The monoisotopic (exact) mass is 268 g/mol. The summed E-state index contributed by atoms with van der Waals surface area (Å²) in [6, 6.07) is 4.03. The van der Waals surface area contributed by atoms with E-state index in [2.05, 4.69) is 17.1 Å².